The molecular formula is C30H40ClN3O4S. The molecule has 1 spiro atoms. The van der Waals surface area contributed by atoms with Crippen LogP contribution in [0.25, 0.3) is 0 Å². The Morgan fingerprint density at radius 2 is 1.64 bits per heavy atom. The van der Waals surface area contributed by atoms with Gasteiger partial charge in [-0.05, 0) is 80.8 Å². The molecule has 2 amide bonds. The lowest BCUT2D eigenvalue weighted by Gasteiger charge is -2.38. The first kappa shape index (κ1) is 29.6. The summed E-state index contributed by atoms with van der Waals surface area (Å²) < 4.78 is 23.5. The number of sulfone groups is 1. The van der Waals surface area contributed by atoms with E-state index in [0.29, 0.717) is 23.8 Å². The van der Waals surface area contributed by atoms with E-state index in [1.54, 1.807) is 12.1 Å². The van der Waals surface area contributed by atoms with Gasteiger partial charge in [0.2, 0.25) is 11.8 Å². The minimum absolute atomic E-state index is 0. The zero-order chi connectivity index (χ0) is 26.8. The number of likely N-dealkylation sites (tertiary alicyclic amines) is 2. The van der Waals surface area contributed by atoms with E-state index in [2.05, 4.69) is 22.3 Å². The molecule has 1 aliphatic carbocycles. The molecule has 0 radical (unpaired) electrons. The van der Waals surface area contributed by atoms with Crippen molar-refractivity contribution in [2.24, 2.45) is 11.3 Å². The second kappa shape index (κ2) is 12.4. The maximum Gasteiger partial charge on any atom is 0.229 e. The Labute approximate surface area is 238 Å². The molecule has 7 nitrogen and oxygen atoms in total. The quantitative estimate of drug-likeness (QED) is 0.456. The minimum atomic E-state index is -3.23. The number of carbonyl (C=O) groups excluding carboxylic acids is 2. The van der Waals surface area contributed by atoms with Crippen LogP contribution in [0.5, 0.6) is 0 Å². The van der Waals surface area contributed by atoms with Crippen LogP contribution in [-0.2, 0) is 26.0 Å². The predicted octanol–water partition coefficient (Wildman–Crippen LogP) is 4.37. The van der Waals surface area contributed by atoms with Gasteiger partial charge in [0.15, 0.2) is 9.84 Å². The zero-order valence-corrected chi connectivity index (χ0v) is 24.3. The number of amides is 2. The van der Waals surface area contributed by atoms with E-state index in [4.69, 9.17) is 0 Å². The maximum absolute atomic E-state index is 13.4. The Kier molecular flexibility index (Phi) is 9.40. The SMILES string of the molecule is CS(=O)(=O)c1ccc(CN2CCC3(CCN(CCC(NC(=O)CC4CC4)c4ccccc4)CC3)C2=O)cc1.Cl. The van der Waals surface area contributed by atoms with Crippen LogP contribution in [0.2, 0.25) is 0 Å². The summed E-state index contributed by atoms with van der Waals surface area (Å²) in [5, 5.41) is 3.28. The molecule has 39 heavy (non-hydrogen) atoms. The standard InChI is InChI=1S/C30H39N3O4S.ClH/c1-38(36,37)26-11-9-24(10-12-26)22-33-20-16-30(29(33)35)14-18-32(19-15-30)17-13-27(25-5-3-2-4-6-25)31-28(34)21-23-7-8-23;/h2-6,9-12,23,27H,7-8,13-22H2,1H3,(H,31,34);1H. The average molecular weight is 574 g/mol. The molecule has 1 N–H and O–H groups in total. The number of piperidine rings is 1. The zero-order valence-electron chi connectivity index (χ0n) is 22.7. The number of carbonyl (C=O) groups is 2. The number of hydrogen-bond donors (Lipinski definition) is 1. The van der Waals surface area contributed by atoms with E-state index in [-0.39, 0.29) is 35.7 Å². The molecule has 3 fully saturated rings. The lowest BCUT2D eigenvalue weighted by atomic mass is 9.77. The third kappa shape index (κ3) is 7.41. The van der Waals surface area contributed by atoms with Crippen LogP contribution < -0.4 is 5.32 Å². The van der Waals surface area contributed by atoms with E-state index >= 15 is 0 Å². The van der Waals surface area contributed by atoms with E-state index in [1.807, 2.05) is 35.2 Å². The van der Waals surface area contributed by atoms with Gasteiger partial charge in [0.1, 0.15) is 0 Å². The summed E-state index contributed by atoms with van der Waals surface area (Å²) in [7, 11) is -3.23. The summed E-state index contributed by atoms with van der Waals surface area (Å²) in [4.78, 5) is 30.7. The predicted molar refractivity (Wildman–Crippen MR) is 154 cm³/mol. The molecule has 0 bridgehead atoms. The van der Waals surface area contributed by atoms with Crippen LogP contribution in [0, 0.1) is 11.3 Å². The first-order chi connectivity index (χ1) is 18.2. The van der Waals surface area contributed by atoms with Gasteiger partial charge in [-0.15, -0.1) is 12.4 Å². The number of rotatable bonds is 10. The highest BCUT2D eigenvalue weighted by molar-refractivity contribution is 7.90. The number of nitrogens with zero attached hydrogens (tertiary/aromatic N) is 2. The average Bonchev–Trinajstić information content (AvgIpc) is 3.68. The molecule has 212 valence electrons. The molecular weight excluding hydrogens is 534 g/mol. The van der Waals surface area contributed by atoms with Gasteiger partial charge in [-0.3, -0.25) is 9.59 Å². The summed E-state index contributed by atoms with van der Waals surface area (Å²) in [5.74, 6) is 0.959. The second-order valence-corrected chi connectivity index (χ2v) is 13.5. The molecule has 2 heterocycles. The molecule has 2 aromatic rings. The van der Waals surface area contributed by atoms with Crippen LogP contribution in [0.15, 0.2) is 59.5 Å². The fraction of sp³-hybridized carbons (Fsp3) is 0.533. The fourth-order valence-corrected chi connectivity index (χ4v) is 6.56. The molecule has 2 aliphatic heterocycles. The summed E-state index contributed by atoms with van der Waals surface area (Å²) in [6.45, 7) is 3.94. The number of benzene rings is 2. The van der Waals surface area contributed by atoms with Crippen molar-refractivity contribution in [1.82, 2.24) is 15.1 Å². The lowest BCUT2D eigenvalue weighted by molar-refractivity contribution is -0.139. The Balaban J connectivity index is 0.00000353. The van der Waals surface area contributed by atoms with Crippen LogP contribution in [-0.4, -0.2) is 62.5 Å². The van der Waals surface area contributed by atoms with E-state index in [1.165, 1.54) is 19.1 Å². The monoisotopic (exact) mass is 573 g/mol. The second-order valence-electron chi connectivity index (χ2n) is 11.5. The molecule has 3 aliphatic rings. The first-order valence-electron chi connectivity index (χ1n) is 13.9. The van der Waals surface area contributed by atoms with Crippen molar-refractivity contribution in [3.8, 4) is 0 Å². The molecule has 2 saturated heterocycles. The lowest BCUT2D eigenvalue weighted by Crippen LogP contribution is -2.45. The van der Waals surface area contributed by atoms with Gasteiger partial charge >= 0.3 is 0 Å². The Morgan fingerprint density at radius 1 is 1.00 bits per heavy atom. The highest BCUT2D eigenvalue weighted by Crippen LogP contribution is 2.42. The molecule has 9 heteroatoms. The summed E-state index contributed by atoms with van der Waals surface area (Å²) >= 11 is 0. The number of nitrogens with one attached hydrogen (secondary N) is 1. The van der Waals surface area contributed by atoms with Crippen LogP contribution in [0.1, 0.15) is 62.1 Å². The summed E-state index contributed by atoms with van der Waals surface area (Å²) in [5.41, 5.74) is 1.83. The molecule has 5 rings (SSSR count). The van der Waals surface area contributed by atoms with Crippen molar-refractivity contribution < 1.29 is 18.0 Å². The van der Waals surface area contributed by atoms with E-state index < -0.39 is 9.84 Å². The highest BCUT2D eigenvalue weighted by Gasteiger charge is 2.47. The van der Waals surface area contributed by atoms with Crippen molar-refractivity contribution in [2.75, 3.05) is 32.4 Å². The third-order valence-corrected chi connectivity index (χ3v) is 9.71. The van der Waals surface area contributed by atoms with Gasteiger partial charge in [-0.1, -0.05) is 42.5 Å². The fourth-order valence-electron chi connectivity index (χ4n) is 5.93. The first-order valence-corrected chi connectivity index (χ1v) is 15.8. The van der Waals surface area contributed by atoms with Crippen molar-refractivity contribution in [1.29, 1.82) is 0 Å². The normalized spacial score (nSPS) is 20.0. The molecule has 1 unspecified atom stereocenters. The van der Waals surface area contributed by atoms with Crippen LogP contribution >= 0.6 is 12.4 Å². The third-order valence-electron chi connectivity index (χ3n) is 8.58. The molecule has 1 atom stereocenters. The van der Waals surface area contributed by atoms with Crippen LogP contribution in [0.3, 0.4) is 0 Å². The van der Waals surface area contributed by atoms with Crippen molar-refractivity contribution in [3.05, 3.63) is 65.7 Å². The number of hydrogen-bond acceptors (Lipinski definition) is 5. The van der Waals surface area contributed by atoms with Gasteiger partial charge in [0.05, 0.1) is 16.4 Å². The Morgan fingerprint density at radius 3 is 2.26 bits per heavy atom. The van der Waals surface area contributed by atoms with Gasteiger partial charge in [-0.2, -0.15) is 0 Å². The van der Waals surface area contributed by atoms with Crippen molar-refractivity contribution in [2.45, 2.75) is 62.4 Å². The smallest absolute Gasteiger partial charge is 0.229 e. The van der Waals surface area contributed by atoms with Crippen LogP contribution in [0.4, 0.5) is 0 Å². The molecule has 2 aromatic carbocycles. The van der Waals surface area contributed by atoms with Crippen molar-refractivity contribution >= 4 is 34.1 Å². The number of halogens is 1. The molecule has 1 saturated carbocycles. The van der Waals surface area contributed by atoms with Crippen molar-refractivity contribution in [3.63, 3.8) is 0 Å². The van der Waals surface area contributed by atoms with Gasteiger partial charge in [0.25, 0.3) is 0 Å². The van der Waals surface area contributed by atoms with Gasteiger partial charge in [-0.25, -0.2) is 8.42 Å². The topological polar surface area (TPSA) is 86.8 Å². The summed E-state index contributed by atoms with van der Waals surface area (Å²) in [6, 6.07) is 17.1. The maximum atomic E-state index is 13.4. The Hall–Kier alpha value is -2.42. The van der Waals surface area contributed by atoms with Gasteiger partial charge < -0.3 is 15.1 Å². The largest absolute Gasteiger partial charge is 0.349 e. The highest BCUT2D eigenvalue weighted by atomic mass is 35.5. The molecule has 0 aromatic heterocycles. The Bertz CT molecular complexity index is 1240. The van der Waals surface area contributed by atoms with E-state index in [0.717, 1.165) is 63.0 Å². The summed E-state index contributed by atoms with van der Waals surface area (Å²) in [6.07, 6.45) is 7.64. The minimum Gasteiger partial charge on any atom is -0.349 e. The van der Waals surface area contributed by atoms with Gasteiger partial charge in [0, 0.05) is 32.3 Å². The van der Waals surface area contributed by atoms with E-state index in [9.17, 15) is 18.0 Å².